The molecule has 0 atom stereocenters. The van der Waals surface area contributed by atoms with Gasteiger partial charge in [-0.1, -0.05) is 75.4 Å². The zero-order valence-corrected chi connectivity index (χ0v) is 14.5. The molecule has 3 aromatic carbocycles. The van der Waals surface area contributed by atoms with E-state index in [1.54, 1.807) is 0 Å². The largest absolute Gasteiger partial charge is 0.289 e. The van der Waals surface area contributed by atoms with Gasteiger partial charge < -0.3 is 0 Å². The number of aryl methyl sites for hydroxylation is 2. The molecule has 4 rings (SSSR count). The third-order valence-electron chi connectivity index (χ3n) is 5.13. The number of hydrogen-bond acceptors (Lipinski definition) is 1. The van der Waals surface area contributed by atoms with Gasteiger partial charge >= 0.3 is 0 Å². The van der Waals surface area contributed by atoms with E-state index in [0.717, 1.165) is 29.4 Å². The van der Waals surface area contributed by atoms with Crippen molar-refractivity contribution < 1.29 is 4.79 Å². The number of carbonyl (C=O) groups excluding carboxylic acids is 1. The lowest BCUT2D eigenvalue weighted by Gasteiger charge is -2.19. The van der Waals surface area contributed by atoms with Crippen LogP contribution in [-0.2, 0) is 18.3 Å². The van der Waals surface area contributed by atoms with Gasteiger partial charge in [-0.05, 0) is 45.7 Å². The molecular weight excluding hydrogens is 292 g/mol. The molecule has 1 aliphatic rings. The molecule has 0 radical (unpaired) electrons. The molecule has 1 nitrogen and oxygen atoms in total. The van der Waals surface area contributed by atoms with Crippen molar-refractivity contribution in [1.82, 2.24) is 0 Å². The number of rotatable bonds is 2. The van der Waals surface area contributed by atoms with Crippen LogP contribution in [0.5, 0.6) is 0 Å². The highest BCUT2D eigenvalue weighted by Crippen LogP contribution is 2.33. The van der Waals surface area contributed by atoms with Gasteiger partial charge in [-0.3, -0.25) is 4.79 Å². The highest BCUT2D eigenvalue weighted by atomic mass is 16.1. The van der Waals surface area contributed by atoms with Crippen LogP contribution >= 0.6 is 0 Å². The lowest BCUT2D eigenvalue weighted by atomic mass is 9.86. The number of ketones is 1. The fourth-order valence-electron chi connectivity index (χ4n) is 3.72. The molecule has 3 aromatic rings. The van der Waals surface area contributed by atoms with Crippen LogP contribution in [0.3, 0.4) is 0 Å². The molecule has 0 saturated carbocycles. The van der Waals surface area contributed by atoms with E-state index >= 15 is 0 Å². The Labute approximate surface area is 143 Å². The summed E-state index contributed by atoms with van der Waals surface area (Å²) < 4.78 is 0. The minimum atomic E-state index is 0.101. The van der Waals surface area contributed by atoms with E-state index in [4.69, 9.17) is 0 Å². The Morgan fingerprint density at radius 3 is 2.17 bits per heavy atom. The fraction of sp³-hybridized carbons (Fsp3) is 0.261. The molecule has 0 fully saturated rings. The van der Waals surface area contributed by atoms with E-state index in [-0.39, 0.29) is 11.2 Å². The summed E-state index contributed by atoms with van der Waals surface area (Å²) in [5, 5.41) is 2.40. The van der Waals surface area contributed by atoms with E-state index in [9.17, 15) is 4.79 Å². The molecule has 1 aliphatic carbocycles. The van der Waals surface area contributed by atoms with Crippen LogP contribution in [0, 0.1) is 0 Å². The van der Waals surface area contributed by atoms with Gasteiger partial charge in [0.15, 0.2) is 5.78 Å². The van der Waals surface area contributed by atoms with Crippen molar-refractivity contribution in [1.29, 1.82) is 0 Å². The average molecular weight is 314 g/mol. The average Bonchev–Trinajstić information content (AvgIpc) is 2.99. The van der Waals surface area contributed by atoms with Crippen molar-refractivity contribution in [3.63, 3.8) is 0 Å². The molecule has 0 unspecified atom stereocenters. The van der Waals surface area contributed by atoms with Gasteiger partial charge in [0, 0.05) is 11.1 Å². The van der Waals surface area contributed by atoms with Gasteiger partial charge in [0.05, 0.1) is 0 Å². The minimum absolute atomic E-state index is 0.101. The van der Waals surface area contributed by atoms with Crippen LogP contribution < -0.4 is 0 Å². The first-order valence-corrected chi connectivity index (χ1v) is 8.64. The second-order valence-corrected chi connectivity index (χ2v) is 7.77. The maximum Gasteiger partial charge on any atom is 0.193 e. The summed E-state index contributed by atoms with van der Waals surface area (Å²) in [4.78, 5) is 13.1. The predicted octanol–water partition coefficient (Wildman–Crippen LogP) is 5.47. The monoisotopic (exact) mass is 314 g/mol. The third kappa shape index (κ3) is 2.36. The SMILES string of the molecule is CC(C)(C)c1ccc(C(=O)c2ccc3c4c(cccc24)CC3)cc1. The second-order valence-electron chi connectivity index (χ2n) is 7.77. The maximum atomic E-state index is 13.1. The zero-order valence-electron chi connectivity index (χ0n) is 14.5. The van der Waals surface area contributed by atoms with Crippen LogP contribution in [-0.4, -0.2) is 5.78 Å². The first-order valence-electron chi connectivity index (χ1n) is 8.64. The van der Waals surface area contributed by atoms with E-state index in [1.165, 1.54) is 22.1 Å². The second kappa shape index (κ2) is 5.31. The Hall–Kier alpha value is -2.41. The Kier molecular flexibility index (Phi) is 3.35. The van der Waals surface area contributed by atoms with Crippen molar-refractivity contribution in [2.24, 2.45) is 0 Å². The van der Waals surface area contributed by atoms with Gasteiger partial charge in [0.25, 0.3) is 0 Å². The van der Waals surface area contributed by atoms with E-state index < -0.39 is 0 Å². The Balaban J connectivity index is 1.80. The predicted molar refractivity (Wildman–Crippen MR) is 99.9 cm³/mol. The zero-order chi connectivity index (χ0) is 16.9. The quantitative estimate of drug-likeness (QED) is 0.573. The first kappa shape index (κ1) is 15.1. The number of hydrogen-bond donors (Lipinski definition) is 0. The Bertz CT molecular complexity index is 930. The van der Waals surface area contributed by atoms with Crippen LogP contribution in [0.4, 0.5) is 0 Å². The molecular formula is C23H22O. The molecule has 0 amide bonds. The van der Waals surface area contributed by atoms with Crippen LogP contribution in [0.2, 0.25) is 0 Å². The third-order valence-corrected chi connectivity index (χ3v) is 5.13. The summed E-state index contributed by atoms with van der Waals surface area (Å²) in [7, 11) is 0. The number of carbonyl (C=O) groups is 1. The van der Waals surface area contributed by atoms with Crippen LogP contribution in [0.15, 0.2) is 54.6 Å². The molecule has 0 N–H and O–H groups in total. The first-order chi connectivity index (χ1) is 11.4. The van der Waals surface area contributed by atoms with Gasteiger partial charge in [0.1, 0.15) is 0 Å². The Morgan fingerprint density at radius 1 is 0.833 bits per heavy atom. The van der Waals surface area contributed by atoms with E-state index in [0.29, 0.717) is 0 Å². The molecule has 0 spiro atoms. The standard InChI is InChI=1S/C23H22O/c1-23(2,3)18-12-9-17(10-13-18)22(24)20-14-11-16-8-7-15-5-4-6-19(20)21(15)16/h4-6,9-14H,7-8H2,1-3H3. The molecule has 120 valence electrons. The van der Waals surface area contributed by atoms with Gasteiger partial charge in [-0.2, -0.15) is 0 Å². The van der Waals surface area contributed by atoms with Crippen molar-refractivity contribution in [2.45, 2.75) is 39.0 Å². The fourth-order valence-corrected chi connectivity index (χ4v) is 3.72. The van der Waals surface area contributed by atoms with Crippen LogP contribution in [0.25, 0.3) is 10.8 Å². The summed E-state index contributed by atoms with van der Waals surface area (Å²) in [6.07, 6.45) is 2.18. The van der Waals surface area contributed by atoms with Gasteiger partial charge in [-0.15, -0.1) is 0 Å². The summed E-state index contributed by atoms with van der Waals surface area (Å²) >= 11 is 0. The minimum Gasteiger partial charge on any atom is -0.289 e. The van der Waals surface area contributed by atoms with Crippen molar-refractivity contribution in [3.05, 3.63) is 82.4 Å². The topological polar surface area (TPSA) is 17.1 Å². The van der Waals surface area contributed by atoms with Gasteiger partial charge in [-0.25, -0.2) is 0 Å². The molecule has 0 heterocycles. The summed E-state index contributed by atoms with van der Waals surface area (Å²) in [5.41, 5.74) is 5.69. The smallest absolute Gasteiger partial charge is 0.193 e. The van der Waals surface area contributed by atoms with Crippen molar-refractivity contribution in [3.8, 4) is 0 Å². The maximum absolute atomic E-state index is 13.1. The lowest BCUT2D eigenvalue weighted by molar-refractivity contribution is 0.104. The Morgan fingerprint density at radius 2 is 1.50 bits per heavy atom. The highest BCUT2D eigenvalue weighted by Gasteiger charge is 2.20. The van der Waals surface area contributed by atoms with Crippen molar-refractivity contribution in [2.75, 3.05) is 0 Å². The molecule has 0 saturated heterocycles. The molecule has 0 aliphatic heterocycles. The lowest BCUT2D eigenvalue weighted by Crippen LogP contribution is -2.11. The molecule has 24 heavy (non-hydrogen) atoms. The number of benzene rings is 3. The molecule has 1 heteroatoms. The van der Waals surface area contributed by atoms with E-state index in [1.807, 2.05) is 18.2 Å². The normalized spacial score (nSPS) is 13.5. The van der Waals surface area contributed by atoms with E-state index in [2.05, 4.69) is 57.2 Å². The molecule has 0 aromatic heterocycles. The summed E-state index contributed by atoms with van der Waals surface area (Å²) in [6.45, 7) is 6.56. The van der Waals surface area contributed by atoms with Crippen LogP contribution in [0.1, 0.15) is 53.4 Å². The highest BCUT2D eigenvalue weighted by molar-refractivity contribution is 6.17. The summed E-state index contributed by atoms with van der Waals surface area (Å²) in [6, 6.07) is 18.6. The van der Waals surface area contributed by atoms with Gasteiger partial charge in [0.2, 0.25) is 0 Å². The molecule has 0 bridgehead atoms. The van der Waals surface area contributed by atoms with Crippen molar-refractivity contribution >= 4 is 16.6 Å². The summed E-state index contributed by atoms with van der Waals surface area (Å²) in [5.74, 6) is 0.117.